The molecule has 29 heavy (non-hydrogen) atoms. The number of amides is 3. The van der Waals surface area contributed by atoms with Crippen molar-refractivity contribution in [2.24, 2.45) is 0 Å². The molecule has 1 aliphatic heterocycles. The van der Waals surface area contributed by atoms with Crippen LogP contribution in [-0.2, 0) is 16.1 Å². The molecule has 0 unspecified atom stereocenters. The van der Waals surface area contributed by atoms with E-state index < -0.39 is 18.2 Å². The maximum Gasteiger partial charge on any atom is 0.315 e. The quantitative estimate of drug-likeness (QED) is 0.520. The van der Waals surface area contributed by atoms with Crippen LogP contribution in [0.3, 0.4) is 0 Å². The number of urea groups is 1. The molecule has 1 aromatic rings. The lowest BCUT2D eigenvalue weighted by Crippen LogP contribution is -2.53. The van der Waals surface area contributed by atoms with Crippen LogP contribution in [0.1, 0.15) is 37.7 Å². The average molecular weight is 405 g/mol. The van der Waals surface area contributed by atoms with Gasteiger partial charge in [-0.25, -0.2) is 9.18 Å². The van der Waals surface area contributed by atoms with Crippen molar-refractivity contribution >= 4 is 11.9 Å². The maximum atomic E-state index is 12.9. The van der Waals surface area contributed by atoms with E-state index in [2.05, 4.69) is 16.0 Å². The molecule has 1 aliphatic carbocycles. The molecule has 158 valence electrons. The lowest BCUT2D eigenvalue weighted by atomic mass is 10.0. The highest BCUT2D eigenvalue weighted by molar-refractivity contribution is 5.77. The number of hydrogen-bond donors (Lipinski definition) is 4. The zero-order valence-electron chi connectivity index (χ0n) is 16.3. The normalized spacial score (nSPS) is 24.3. The van der Waals surface area contributed by atoms with E-state index in [1.165, 1.54) is 12.1 Å². The minimum atomic E-state index is -0.621. The van der Waals surface area contributed by atoms with Gasteiger partial charge in [-0.05, 0) is 30.5 Å². The molecule has 1 saturated carbocycles. The minimum absolute atomic E-state index is 0.0924. The van der Waals surface area contributed by atoms with Gasteiger partial charge in [0, 0.05) is 12.6 Å². The summed E-state index contributed by atoms with van der Waals surface area (Å²) < 4.78 is 18.7. The number of benzene rings is 1. The molecular weight excluding hydrogens is 377 g/mol. The zero-order chi connectivity index (χ0) is 20.6. The smallest absolute Gasteiger partial charge is 0.315 e. The number of nitrogens with one attached hydrogen (secondary N) is 3. The van der Waals surface area contributed by atoms with Crippen molar-refractivity contribution in [1.82, 2.24) is 16.0 Å². The topological polar surface area (TPSA) is 99.7 Å². The fourth-order valence-electron chi connectivity index (χ4n) is 3.64. The van der Waals surface area contributed by atoms with Crippen LogP contribution >= 0.6 is 0 Å². The van der Waals surface area contributed by atoms with E-state index in [0.717, 1.165) is 31.2 Å². The van der Waals surface area contributed by atoms with Gasteiger partial charge in [0.25, 0.3) is 0 Å². The van der Waals surface area contributed by atoms with E-state index in [9.17, 15) is 19.1 Å². The van der Waals surface area contributed by atoms with Crippen molar-refractivity contribution in [2.45, 2.75) is 62.9 Å². The largest absolute Gasteiger partial charge is 0.394 e. The third-order valence-electron chi connectivity index (χ3n) is 5.24. The Labute approximate surface area is 169 Å². The number of hydrogen-bond acceptors (Lipinski definition) is 4. The predicted octanol–water partition coefficient (Wildman–Crippen LogP) is 1.76. The molecule has 1 fully saturated rings. The van der Waals surface area contributed by atoms with Gasteiger partial charge in [0.1, 0.15) is 11.9 Å². The summed E-state index contributed by atoms with van der Waals surface area (Å²) in [5.74, 6) is -0.540. The first kappa shape index (κ1) is 21.3. The van der Waals surface area contributed by atoms with Crippen LogP contribution in [0.15, 0.2) is 36.4 Å². The molecule has 0 radical (unpaired) electrons. The molecule has 1 aromatic carbocycles. The van der Waals surface area contributed by atoms with Crippen molar-refractivity contribution in [3.63, 3.8) is 0 Å². The van der Waals surface area contributed by atoms with E-state index in [-0.39, 0.29) is 36.8 Å². The van der Waals surface area contributed by atoms with Gasteiger partial charge in [-0.1, -0.05) is 37.1 Å². The second kappa shape index (κ2) is 10.4. The standard InChI is InChI=1S/C21H28FN3O4/c22-15-7-5-14(6-8-15)12-23-20(27)11-17-9-10-18(19(13-26)29-17)25-21(28)24-16-3-1-2-4-16/h5-10,16-19,26H,1-4,11-13H2,(H,23,27)(H2,24,25,28)/t17-,18-,19+/m0/s1. The molecule has 2 aliphatic rings. The Morgan fingerprint density at radius 1 is 1.10 bits per heavy atom. The summed E-state index contributed by atoms with van der Waals surface area (Å²) in [4.78, 5) is 24.3. The number of aliphatic hydroxyl groups is 1. The lowest BCUT2D eigenvalue weighted by molar-refractivity contribution is -0.125. The molecule has 7 nitrogen and oxygen atoms in total. The zero-order valence-corrected chi connectivity index (χ0v) is 16.3. The van der Waals surface area contributed by atoms with Gasteiger partial charge in [-0.2, -0.15) is 0 Å². The summed E-state index contributed by atoms with van der Waals surface area (Å²) in [6.45, 7) is 0.0247. The van der Waals surface area contributed by atoms with Gasteiger partial charge in [0.2, 0.25) is 5.91 Å². The lowest BCUT2D eigenvalue weighted by Gasteiger charge is -2.32. The third kappa shape index (κ3) is 6.54. The Bertz CT molecular complexity index is 719. The molecule has 3 atom stereocenters. The van der Waals surface area contributed by atoms with Crippen LogP contribution in [0.2, 0.25) is 0 Å². The van der Waals surface area contributed by atoms with Crippen molar-refractivity contribution in [3.05, 3.63) is 47.8 Å². The Morgan fingerprint density at radius 3 is 2.52 bits per heavy atom. The molecule has 0 saturated heterocycles. The first-order valence-electron chi connectivity index (χ1n) is 10.1. The number of carbonyl (C=O) groups is 2. The summed E-state index contributed by atoms with van der Waals surface area (Å²) in [5.41, 5.74) is 0.797. The highest BCUT2D eigenvalue weighted by Crippen LogP contribution is 2.18. The summed E-state index contributed by atoms with van der Waals surface area (Å²) >= 11 is 0. The summed E-state index contributed by atoms with van der Waals surface area (Å²) in [5, 5.41) is 18.1. The fraction of sp³-hybridized carbons (Fsp3) is 0.524. The highest BCUT2D eigenvalue weighted by atomic mass is 19.1. The number of ether oxygens (including phenoxy) is 1. The van der Waals surface area contributed by atoms with Crippen LogP contribution in [0.25, 0.3) is 0 Å². The van der Waals surface area contributed by atoms with Crippen LogP contribution in [-0.4, -0.2) is 47.9 Å². The molecule has 4 N–H and O–H groups in total. The number of rotatable bonds is 7. The van der Waals surface area contributed by atoms with E-state index in [0.29, 0.717) is 6.54 Å². The number of aliphatic hydroxyl groups excluding tert-OH is 1. The first-order chi connectivity index (χ1) is 14.0. The van der Waals surface area contributed by atoms with Crippen LogP contribution < -0.4 is 16.0 Å². The van der Waals surface area contributed by atoms with Gasteiger partial charge in [-0.15, -0.1) is 0 Å². The summed E-state index contributed by atoms with van der Waals surface area (Å²) in [6, 6.07) is 5.38. The second-order valence-corrected chi connectivity index (χ2v) is 7.51. The Hall–Kier alpha value is -2.45. The molecule has 3 amide bonds. The molecule has 0 aromatic heterocycles. The van der Waals surface area contributed by atoms with Gasteiger partial charge in [0.05, 0.1) is 25.2 Å². The van der Waals surface area contributed by atoms with E-state index in [4.69, 9.17) is 4.74 Å². The average Bonchev–Trinajstić information content (AvgIpc) is 3.21. The predicted molar refractivity (Wildman–Crippen MR) is 105 cm³/mol. The van der Waals surface area contributed by atoms with Crippen molar-refractivity contribution in [3.8, 4) is 0 Å². The highest BCUT2D eigenvalue weighted by Gasteiger charge is 2.29. The van der Waals surface area contributed by atoms with E-state index in [1.807, 2.05) is 0 Å². The SMILES string of the molecule is O=C(C[C@@H]1C=C[C@H](NC(=O)NC2CCCC2)[C@@H](CO)O1)NCc1ccc(F)cc1. The van der Waals surface area contributed by atoms with Gasteiger partial charge in [0.15, 0.2) is 0 Å². The number of carbonyl (C=O) groups excluding carboxylic acids is 2. The fourth-order valence-corrected chi connectivity index (χ4v) is 3.64. The molecule has 1 heterocycles. The Morgan fingerprint density at radius 2 is 1.83 bits per heavy atom. The summed E-state index contributed by atoms with van der Waals surface area (Å²) in [7, 11) is 0. The molecule has 3 rings (SSSR count). The molecular formula is C21H28FN3O4. The van der Waals surface area contributed by atoms with Crippen LogP contribution in [0, 0.1) is 5.82 Å². The third-order valence-corrected chi connectivity index (χ3v) is 5.24. The number of halogens is 1. The van der Waals surface area contributed by atoms with Crippen molar-refractivity contribution in [2.75, 3.05) is 6.61 Å². The molecule has 0 spiro atoms. The van der Waals surface area contributed by atoms with Crippen LogP contribution in [0.5, 0.6) is 0 Å². The van der Waals surface area contributed by atoms with Crippen LogP contribution in [0.4, 0.5) is 9.18 Å². The van der Waals surface area contributed by atoms with Crippen molar-refractivity contribution < 1.29 is 23.8 Å². The monoisotopic (exact) mass is 405 g/mol. The van der Waals surface area contributed by atoms with E-state index in [1.54, 1.807) is 24.3 Å². The van der Waals surface area contributed by atoms with Gasteiger partial charge >= 0.3 is 6.03 Å². The van der Waals surface area contributed by atoms with Gasteiger partial charge < -0.3 is 25.8 Å². The van der Waals surface area contributed by atoms with Gasteiger partial charge in [-0.3, -0.25) is 4.79 Å². The molecule has 0 bridgehead atoms. The first-order valence-corrected chi connectivity index (χ1v) is 10.1. The summed E-state index contributed by atoms with van der Waals surface area (Å²) in [6.07, 6.45) is 6.70. The van der Waals surface area contributed by atoms with Crippen molar-refractivity contribution in [1.29, 1.82) is 0 Å². The Balaban J connectivity index is 1.45. The molecule has 8 heteroatoms. The van der Waals surface area contributed by atoms with E-state index >= 15 is 0 Å². The minimum Gasteiger partial charge on any atom is -0.394 e. The Kier molecular flexibility index (Phi) is 7.60. The maximum absolute atomic E-state index is 12.9. The second-order valence-electron chi connectivity index (χ2n) is 7.51.